The molecule has 5 radical (unpaired) electrons. The molecule has 0 aromatic heterocycles. The van der Waals surface area contributed by atoms with Gasteiger partial charge in [-0.05, 0) is 0 Å². The molecule has 0 fully saturated rings. The largest absolute Gasteiger partial charge is 0.576 e. The van der Waals surface area contributed by atoms with Crippen molar-refractivity contribution in [2.24, 2.45) is 0 Å². The van der Waals surface area contributed by atoms with Gasteiger partial charge in [-0.25, -0.2) is 0 Å². The number of hydrogen-bond acceptors (Lipinski definition) is 3. The Morgan fingerprint density at radius 1 is 0.875 bits per heavy atom. The zero-order valence-corrected chi connectivity index (χ0v) is 9.08. The van der Waals surface area contributed by atoms with Crippen molar-refractivity contribution in [2.75, 3.05) is 21.3 Å². The summed E-state index contributed by atoms with van der Waals surface area (Å²) in [7, 11) is 3.31. The Kier molecular flexibility index (Phi) is 11.5. The minimum Gasteiger partial charge on any atom is -0.375 e. The molecule has 0 aromatic carbocycles. The van der Waals surface area contributed by atoms with Crippen molar-refractivity contribution in [3.63, 3.8) is 0 Å². The van der Waals surface area contributed by atoms with E-state index in [1.54, 1.807) is 21.3 Å². The van der Waals surface area contributed by atoms with Crippen LogP contribution in [0.25, 0.3) is 0 Å². The molecule has 0 saturated carbocycles. The van der Waals surface area contributed by atoms with Crippen molar-refractivity contribution in [1.29, 1.82) is 0 Å². The molecule has 0 aliphatic rings. The van der Waals surface area contributed by atoms with Crippen molar-refractivity contribution < 1.29 is 13.3 Å². The first kappa shape index (κ1) is 11.7. The molecule has 0 N–H and O–H groups in total. The maximum atomic E-state index is 4.71. The van der Waals surface area contributed by atoms with Crippen LogP contribution in [0.4, 0.5) is 0 Å². The topological polar surface area (TPSA) is 27.7 Å². The van der Waals surface area contributed by atoms with E-state index >= 15 is 0 Å². The van der Waals surface area contributed by atoms with Crippen LogP contribution >= 0.6 is 0 Å². The first-order chi connectivity index (χ1) is 3.35. The van der Waals surface area contributed by atoms with Gasteiger partial charge in [-0.15, -0.1) is 0 Å². The van der Waals surface area contributed by atoms with Crippen LogP contribution in [-0.2, 0) is 13.3 Å². The molecule has 0 atom stereocenters. The van der Waals surface area contributed by atoms with E-state index in [1.807, 2.05) is 0 Å². The molecule has 0 saturated heterocycles. The first-order valence-electron chi connectivity index (χ1n) is 1.84. The van der Waals surface area contributed by atoms with E-state index in [2.05, 4.69) is 0 Å². The maximum absolute atomic E-state index is 4.71. The van der Waals surface area contributed by atoms with Gasteiger partial charge >= 0.3 is 9.53 Å². The SMILES string of the molecule is CO[Si](OC)OC.[Sn]. The van der Waals surface area contributed by atoms with Gasteiger partial charge in [0, 0.05) is 45.2 Å². The average molecular weight is 240 g/mol. The molecule has 0 spiro atoms. The summed E-state index contributed by atoms with van der Waals surface area (Å²) in [6, 6.07) is 0. The Morgan fingerprint density at radius 3 is 1.12 bits per heavy atom. The van der Waals surface area contributed by atoms with E-state index in [0.717, 1.165) is 0 Å². The summed E-state index contributed by atoms with van der Waals surface area (Å²) in [5, 5.41) is 0. The molecular weight excluding hydrogens is 231 g/mol. The van der Waals surface area contributed by atoms with E-state index in [4.69, 9.17) is 13.3 Å². The summed E-state index contributed by atoms with van der Waals surface area (Å²) < 4.78 is 14.1. The van der Waals surface area contributed by atoms with Gasteiger partial charge in [0.15, 0.2) is 0 Å². The third-order valence-corrected chi connectivity index (χ3v) is 1.50. The van der Waals surface area contributed by atoms with Gasteiger partial charge in [0.05, 0.1) is 0 Å². The Bertz CT molecular complexity index is 36.0. The predicted octanol–water partition coefficient (Wildman–Crippen LogP) is -0.470. The van der Waals surface area contributed by atoms with Gasteiger partial charge in [-0.1, -0.05) is 0 Å². The number of hydrogen-bond donors (Lipinski definition) is 0. The van der Waals surface area contributed by atoms with Crippen LogP contribution in [0.1, 0.15) is 0 Å². The fourth-order valence-electron chi connectivity index (χ4n) is 0.250. The zero-order valence-electron chi connectivity index (χ0n) is 5.22. The number of rotatable bonds is 3. The van der Waals surface area contributed by atoms with E-state index < -0.39 is 9.53 Å². The molecule has 8 heavy (non-hydrogen) atoms. The second kappa shape index (κ2) is 7.90. The van der Waals surface area contributed by atoms with Crippen LogP contribution in [0.2, 0.25) is 0 Å². The molecule has 3 nitrogen and oxygen atoms in total. The second-order valence-electron chi connectivity index (χ2n) is 0.862. The first-order valence-corrected chi connectivity index (χ1v) is 3.06. The summed E-state index contributed by atoms with van der Waals surface area (Å²) in [5.74, 6) is 0. The molecule has 0 aliphatic heterocycles. The van der Waals surface area contributed by atoms with E-state index in [1.165, 1.54) is 0 Å². The average Bonchev–Trinajstić information content (AvgIpc) is 1.72. The maximum Gasteiger partial charge on any atom is 0.576 e. The molecular formula is C3H9O3SiSn. The fourth-order valence-corrected chi connectivity index (χ4v) is 0.750. The Balaban J connectivity index is 0. The molecule has 0 bridgehead atoms. The van der Waals surface area contributed by atoms with Crippen molar-refractivity contribution >= 4 is 33.4 Å². The van der Waals surface area contributed by atoms with E-state index in [-0.39, 0.29) is 23.9 Å². The van der Waals surface area contributed by atoms with Crippen molar-refractivity contribution in [3.05, 3.63) is 0 Å². The van der Waals surface area contributed by atoms with Crippen molar-refractivity contribution in [1.82, 2.24) is 0 Å². The van der Waals surface area contributed by atoms with Crippen LogP contribution in [0.5, 0.6) is 0 Å². The third-order valence-electron chi connectivity index (χ3n) is 0.500. The van der Waals surface area contributed by atoms with Crippen LogP contribution < -0.4 is 0 Å². The molecule has 0 aromatic rings. The van der Waals surface area contributed by atoms with Crippen molar-refractivity contribution in [2.45, 2.75) is 0 Å². The van der Waals surface area contributed by atoms with E-state index in [9.17, 15) is 0 Å². The second-order valence-corrected chi connectivity index (χ2v) is 2.59. The summed E-state index contributed by atoms with van der Waals surface area (Å²) in [6.45, 7) is 0. The van der Waals surface area contributed by atoms with Crippen LogP contribution in [0.15, 0.2) is 0 Å². The van der Waals surface area contributed by atoms with Crippen molar-refractivity contribution in [3.8, 4) is 0 Å². The molecule has 5 heteroatoms. The zero-order chi connectivity index (χ0) is 5.70. The summed E-state index contributed by atoms with van der Waals surface area (Å²) in [5.41, 5.74) is 0. The summed E-state index contributed by atoms with van der Waals surface area (Å²) in [6.07, 6.45) is 0. The fraction of sp³-hybridized carbons (Fsp3) is 1.00. The Morgan fingerprint density at radius 2 is 1.12 bits per heavy atom. The van der Waals surface area contributed by atoms with Gasteiger partial charge in [-0.2, -0.15) is 0 Å². The molecule has 0 unspecified atom stereocenters. The van der Waals surface area contributed by atoms with Gasteiger partial charge in [0.1, 0.15) is 0 Å². The van der Waals surface area contributed by atoms with Crippen LogP contribution in [0.3, 0.4) is 0 Å². The molecule has 0 aliphatic carbocycles. The normalized spacial score (nSPS) is 9.00. The quantitative estimate of drug-likeness (QED) is 0.624. The van der Waals surface area contributed by atoms with E-state index in [0.29, 0.717) is 0 Å². The molecule has 0 heterocycles. The van der Waals surface area contributed by atoms with Gasteiger partial charge in [-0.3, -0.25) is 0 Å². The summed E-state index contributed by atoms with van der Waals surface area (Å²) >= 11 is 0. The minimum atomic E-state index is -1.36. The monoisotopic (exact) mass is 241 g/mol. The molecule has 47 valence electrons. The van der Waals surface area contributed by atoms with Gasteiger partial charge in [0.2, 0.25) is 0 Å². The minimum absolute atomic E-state index is 0. The molecule has 0 rings (SSSR count). The smallest absolute Gasteiger partial charge is 0.375 e. The predicted molar refractivity (Wildman–Crippen MR) is 32.5 cm³/mol. The van der Waals surface area contributed by atoms with Gasteiger partial charge in [0.25, 0.3) is 0 Å². The standard InChI is InChI=1S/C3H9O3Si.Sn/c1-4-7(5-2)6-3;/h1-3H3;. The van der Waals surface area contributed by atoms with Crippen LogP contribution in [0, 0.1) is 0 Å². The third kappa shape index (κ3) is 5.04. The molecule has 0 amide bonds. The van der Waals surface area contributed by atoms with Gasteiger partial charge < -0.3 is 13.3 Å². The Hall–Kier alpha value is 0.896. The van der Waals surface area contributed by atoms with Crippen LogP contribution in [-0.4, -0.2) is 54.8 Å². The summed E-state index contributed by atoms with van der Waals surface area (Å²) in [4.78, 5) is 0. The Labute approximate surface area is 68.2 Å².